The first kappa shape index (κ1) is 16.0. The Morgan fingerprint density at radius 3 is 2.68 bits per heavy atom. The van der Waals surface area contributed by atoms with Gasteiger partial charge in [0, 0.05) is 16.1 Å². The summed E-state index contributed by atoms with van der Waals surface area (Å²) < 4.78 is 6.30. The Kier molecular flexibility index (Phi) is 6.31. The number of benzene rings is 1. The first-order valence-corrected chi connectivity index (χ1v) is 7.04. The monoisotopic (exact) mass is 329 g/mol. The summed E-state index contributed by atoms with van der Waals surface area (Å²) in [5.74, 6) is 0.746. The second-order valence-corrected chi connectivity index (χ2v) is 5.71. The maximum atomic E-state index is 11.7. The van der Waals surface area contributed by atoms with E-state index in [0.717, 1.165) is 4.47 Å². The highest BCUT2D eigenvalue weighted by molar-refractivity contribution is 9.10. The number of ether oxygens (including phenoxy) is 1. The summed E-state index contributed by atoms with van der Waals surface area (Å²) in [6.07, 6.45) is 0. The van der Waals surface area contributed by atoms with Crippen LogP contribution in [0.3, 0.4) is 0 Å². The summed E-state index contributed by atoms with van der Waals surface area (Å²) in [5, 5.41) is 12.1. The van der Waals surface area contributed by atoms with E-state index in [-0.39, 0.29) is 25.2 Å². The lowest BCUT2D eigenvalue weighted by atomic mass is 10.1. The van der Waals surface area contributed by atoms with Gasteiger partial charge in [0.1, 0.15) is 5.75 Å². The fourth-order valence-electron chi connectivity index (χ4n) is 1.42. The fourth-order valence-corrected chi connectivity index (χ4v) is 1.83. The first-order valence-electron chi connectivity index (χ1n) is 6.25. The molecule has 4 nitrogen and oxygen atoms in total. The number of nitrogens with one attached hydrogen (secondary N) is 1. The molecule has 0 radical (unpaired) electrons. The molecule has 0 aliphatic rings. The molecule has 0 aliphatic carbocycles. The number of aliphatic hydroxyl groups excluding tert-OH is 1. The first-order chi connectivity index (χ1) is 8.93. The fraction of sp³-hybridized carbons (Fsp3) is 0.500. The Balaban J connectivity index is 2.55. The van der Waals surface area contributed by atoms with Crippen molar-refractivity contribution in [3.63, 3.8) is 0 Å². The van der Waals surface area contributed by atoms with Crippen LogP contribution < -0.4 is 10.1 Å². The third-order valence-electron chi connectivity index (χ3n) is 2.94. The molecule has 0 heterocycles. The zero-order valence-electron chi connectivity index (χ0n) is 11.4. The van der Waals surface area contributed by atoms with Gasteiger partial charge < -0.3 is 15.2 Å². The Hall–Kier alpha value is -1.07. The van der Waals surface area contributed by atoms with Crippen molar-refractivity contribution in [3.05, 3.63) is 28.2 Å². The Labute approximate surface area is 122 Å². The number of aliphatic hydroxyl groups is 1. The van der Waals surface area contributed by atoms with E-state index in [2.05, 4.69) is 21.2 Å². The van der Waals surface area contributed by atoms with E-state index in [9.17, 15) is 9.90 Å². The molecule has 0 saturated carbocycles. The van der Waals surface area contributed by atoms with E-state index in [1.54, 1.807) is 12.1 Å². The molecule has 2 N–H and O–H groups in total. The van der Waals surface area contributed by atoms with Crippen LogP contribution in [0.5, 0.6) is 5.75 Å². The summed E-state index contributed by atoms with van der Waals surface area (Å²) in [7, 11) is 0. The standard InChI is InChI=1S/C14H20BrNO3/c1-9(2)10(3)16-14(18)8-19-13-5-4-12(15)6-11(13)7-17/h4-6,9-10,17H,7-8H2,1-3H3,(H,16,18)/t10-/m0/s1. The maximum Gasteiger partial charge on any atom is 0.258 e. The third-order valence-corrected chi connectivity index (χ3v) is 3.43. The SMILES string of the molecule is CC(C)[C@H](C)NC(=O)COc1ccc(Br)cc1CO. The molecular formula is C14H20BrNO3. The summed E-state index contributed by atoms with van der Waals surface area (Å²) in [5.41, 5.74) is 0.652. The highest BCUT2D eigenvalue weighted by Gasteiger charge is 2.12. The van der Waals surface area contributed by atoms with Gasteiger partial charge in [-0.15, -0.1) is 0 Å². The van der Waals surface area contributed by atoms with Crippen LogP contribution in [0, 0.1) is 5.92 Å². The van der Waals surface area contributed by atoms with Gasteiger partial charge in [-0.3, -0.25) is 4.79 Å². The predicted molar refractivity (Wildman–Crippen MR) is 78.0 cm³/mol. The molecular weight excluding hydrogens is 310 g/mol. The minimum atomic E-state index is -0.159. The van der Waals surface area contributed by atoms with Crippen LogP contribution >= 0.6 is 15.9 Å². The second kappa shape index (κ2) is 7.50. The molecule has 5 heteroatoms. The highest BCUT2D eigenvalue weighted by Crippen LogP contribution is 2.23. The molecule has 1 amide bonds. The van der Waals surface area contributed by atoms with Gasteiger partial charge >= 0.3 is 0 Å². The second-order valence-electron chi connectivity index (χ2n) is 4.80. The Bertz CT molecular complexity index is 435. The average molecular weight is 330 g/mol. The molecule has 1 atom stereocenters. The van der Waals surface area contributed by atoms with Crippen LogP contribution in [0.25, 0.3) is 0 Å². The molecule has 0 spiro atoms. The molecule has 1 rings (SSSR count). The van der Waals surface area contributed by atoms with Gasteiger partial charge in [-0.05, 0) is 31.0 Å². The summed E-state index contributed by atoms with van der Waals surface area (Å²) in [4.78, 5) is 11.7. The summed E-state index contributed by atoms with van der Waals surface area (Å²) in [6, 6.07) is 5.42. The number of rotatable bonds is 6. The van der Waals surface area contributed by atoms with Gasteiger partial charge in [0.05, 0.1) is 6.61 Å². The number of hydrogen-bond acceptors (Lipinski definition) is 3. The lowest BCUT2D eigenvalue weighted by Gasteiger charge is -2.18. The van der Waals surface area contributed by atoms with Gasteiger partial charge in [0.15, 0.2) is 6.61 Å². The van der Waals surface area contributed by atoms with Crippen molar-refractivity contribution in [3.8, 4) is 5.75 Å². The van der Waals surface area contributed by atoms with Crippen molar-refractivity contribution in [1.29, 1.82) is 0 Å². The molecule has 0 saturated heterocycles. The number of halogens is 1. The van der Waals surface area contributed by atoms with E-state index in [4.69, 9.17) is 4.74 Å². The minimum Gasteiger partial charge on any atom is -0.483 e. The van der Waals surface area contributed by atoms with Crippen LogP contribution in [-0.4, -0.2) is 23.7 Å². The van der Waals surface area contributed by atoms with E-state index in [0.29, 0.717) is 17.2 Å². The predicted octanol–water partition coefficient (Wildman–Crippen LogP) is 2.48. The van der Waals surface area contributed by atoms with Crippen LogP contribution in [-0.2, 0) is 11.4 Å². The maximum absolute atomic E-state index is 11.7. The van der Waals surface area contributed by atoms with Gasteiger partial charge in [-0.2, -0.15) is 0 Å². The average Bonchev–Trinajstić information content (AvgIpc) is 2.36. The molecule has 0 unspecified atom stereocenters. The largest absolute Gasteiger partial charge is 0.483 e. The van der Waals surface area contributed by atoms with Crippen LogP contribution in [0.15, 0.2) is 22.7 Å². The van der Waals surface area contributed by atoms with Crippen molar-refractivity contribution in [1.82, 2.24) is 5.32 Å². The minimum absolute atomic E-state index is 0.0499. The van der Waals surface area contributed by atoms with Crippen molar-refractivity contribution >= 4 is 21.8 Å². The van der Waals surface area contributed by atoms with Crippen molar-refractivity contribution in [2.24, 2.45) is 5.92 Å². The number of hydrogen-bond donors (Lipinski definition) is 2. The molecule has 0 bridgehead atoms. The molecule has 1 aromatic carbocycles. The molecule has 0 fully saturated rings. The zero-order valence-corrected chi connectivity index (χ0v) is 13.0. The molecule has 0 aromatic heterocycles. The van der Waals surface area contributed by atoms with Crippen LogP contribution in [0.2, 0.25) is 0 Å². The number of amides is 1. The van der Waals surface area contributed by atoms with Crippen LogP contribution in [0.1, 0.15) is 26.3 Å². The summed E-state index contributed by atoms with van der Waals surface area (Å²) in [6.45, 7) is 5.88. The summed E-state index contributed by atoms with van der Waals surface area (Å²) >= 11 is 3.32. The van der Waals surface area contributed by atoms with Crippen molar-refractivity contribution < 1.29 is 14.6 Å². The lowest BCUT2D eigenvalue weighted by molar-refractivity contribution is -0.124. The van der Waals surface area contributed by atoms with Crippen LogP contribution in [0.4, 0.5) is 0 Å². The quantitative estimate of drug-likeness (QED) is 0.842. The molecule has 19 heavy (non-hydrogen) atoms. The van der Waals surface area contributed by atoms with E-state index < -0.39 is 0 Å². The van der Waals surface area contributed by atoms with Gasteiger partial charge in [-0.1, -0.05) is 29.8 Å². The van der Waals surface area contributed by atoms with Crippen molar-refractivity contribution in [2.45, 2.75) is 33.4 Å². The van der Waals surface area contributed by atoms with Gasteiger partial charge in [-0.25, -0.2) is 0 Å². The third kappa shape index (κ3) is 5.20. The number of carbonyl (C=O) groups excluding carboxylic acids is 1. The zero-order chi connectivity index (χ0) is 14.4. The molecule has 0 aliphatic heterocycles. The highest BCUT2D eigenvalue weighted by atomic mass is 79.9. The Morgan fingerprint density at radius 1 is 1.42 bits per heavy atom. The van der Waals surface area contributed by atoms with Gasteiger partial charge in [0.25, 0.3) is 5.91 Å². The smallest absolute Gasteiger partial charge is 0.258 e. The van der Waals surface area contributed by atoms with Crippen molar-refractivity contribution in [2.75, 3.05) is 6.61 Å². The molecule has 1 aromatic rings. The van der Waals surface area contributed by atoms with Gasteiger partial charge in [0.2, 0.25) is 0 Å². The topological polar surface area (TPSA) is 58.6 Å². The van der Waals surface area contributed by atoms with E-state index in [1.165, 1.54) is 0 Å². The van der Waals surface area contributed by atoms with E-state index >= 15 is 0 Å². The molecule has 106 valence electrons. The normalized spacial score (nSPS) is 12.3. The Morgan fingerprint density at radius 2 is 2.11 bits per heavy atom. The van der Waals surface area contributed by atoms with E-state index in [1.807, 2.05) is 26.8 Å². The number of carbonyl (C=O) groups is 1. The lowest BCUT2D eigenvalue weighted by Crippen LogP contribution is -2.39.